The number of anilines is 1. The minimum Gasteiger partial charge on any atom is -0.268 e. The molecule has 0 spiro atoms. The Kier molecular flexibility index (Phi) is 3.50. The van der Waals surface area contributed by atoms with Gasteiger partial charge >= 0.3 is 0 Å². The SMILES string of the molecule is CN(N=Cc1cccc[n+]1C)c1ccccc1. The van der Waals surface area contributed by atoms with Gasteiger partial charge in [0.1, 0.15) is 13.3 Å². The van der Waals surface area contributed by atoms with Crippen LogP contribution in [0.4, 0.5) is 5.69 Å². The van der Waals surface area contributed by atoms with Gasteiger partial charge in [0, 0.05) is 19.2 Å². The summed E-state index contributed by atoms with van der Waals surface area (Å²) in [7, 11) is 3.94. The molecule has 0 radical (unpaired) electrons. The number of pyridine rings is 1. The van der Waals surface area contributed by atoms with Crippen LogP contribution in [0.15, 0.2) is 59.8 Å². The molecular weight excluding hydrogens is 210 g/mol. The van der Waals surface area contributed by atoms with Crippen molar-refractivity contribution < 1.29 is 4.57 Å². The summed E-state index contributed by atoms with van der Waals surface area (Å²) in [5, 5.41) is 6.27. The number of hydrogen-bond donors (Lipinski definition) is 0. The van der Waals surface area contributed by atoms with E-state index < -0.39 is 0 Å². The molecule has 0 aliphatic carbocycles. The zero-order valence-corrected chi connectivity index (χ0v) is 10.1. The number of hydrazone groups is 1. The van der Waals surface area contributed by atoms with Crippen LogP contribution in [0.5, 0.6) is 0 Å². The summed E-state index contributed by atoms with van der Waals surface area (Å²) in [5.41, 5.74) is 2.14. The van der Waals surface area contributed by atoms with E-state index in [9.17, 15) is 0 Å². The van der Waals surface area contributed by atoms with Crippen LogP contribution in [-0.2, 0) is 7.05 Å². The fraction of sp³-hybridized carbons (Fsp3) is 0.143. The Balaban J connectivity index is 2.14. The highest BCUT2D eigenvalue weighted by Gasteiger charge is 2.01. The minimum absolute atomic E-state index is 1.07. The summed E-state index contributed by atoms with van der Waals surface area (Å²) in [6.45, 7) is 0. The Morgan fingerprint density at radius 1 is 1.06 bits per heavy atom. The summed E-state index contributed by atoms with van der Waals surface area (Å²) in [4.78, 5) is 0. The second-order valence-electron chi connectivity index (χ2n) is 3.84. The number of benzene rings is 1. The van der Waals surface area contributed by atoms with Gasteiger partial charge in [-0.05, 0) is 18.2 Å². The van der Waals surface area contributed by atoms with Crippen LogP contribution in [0.25, 0.3) is 0 Å². The summed E-state index contributed by atoms with van der Waals surface area (Å²) in [6, 6.07) is 16.1. The standard InChI is InChI=1S/C14H16N3/c1-16-11-7-6-10-14(16)12-15-17(2)13-8-4-3-5-9-13/h3-12H,1-2H3/q+1. The van der Waals surface area contributed by atoms with Crippen LogP contribution in [0, 0.1) is 0 Å². The van der Waals surface area contributed by atoms with Gasteiger partial charge in [-0.15, -0.1) is 0 Å². The average molecular weight is 226 g/mol. The lowest BCUT2D eigenvalue weighted by molar-refractivity contribution is -0.672. The second kappa shape index (κ2) is 5.25. The number of hydrogen-bond acceptors (Lipinski definition) is 2. The van der Waals surface area contributed by atoms with Gasteiger partial charge < -0.3 is 0 Å². The Morgan fingerprint density at radius 2 is 1.76 bits per heavy atom. The monoisotopic (exact) mass is 226 g/mol. The van der Waals surface area contributed by atoms with Crippen molar-refractivity contribution >= 4 is 11.9 Å². The van der Waals surface area contributed by atoms with Crippen LogP contribution in [0.2, 0.25) is 0 Å². The predicted octanol–water partition coefficient (Wildman–Crippen LogP) is 1.98. The van der Waals surface area contributed by atoms with Gasteiger partial charge in [-0.3, -0.25) is 5.01 Å². The summed E-state index contributed by atoms with van der Waals surface area (Å²) >= 11 is 0. The van der Waals surface area contributed by atoms with Gasteiger partial charge in [0.15, 0.2) is 6.20 Å². The molecule has 0 saturated carbocycles. The van der Waals surface area contributed by atoms with E-state index in [0.717, 1.165) is 11.4 Å². The van der Waals surface area contributed by atoms with Crippen molar-refractivity contribution in [2.45, 2.75) is 0 Å². The Labute approximate surface area is 102 Å². The normalized spacial score (nSPS) is 10.7. The van der Waals surface area contributed by atoms with Crippen LogP contribution in [0.1, 0.15) is 5.69 Å². The van der Waals surface area contributed by atoms with E-state index in [1.54, 1.807) is 0 Å². The lowest BCUT2D eigenvalue weighted by atomic mass is 10.3. The van der Waals surface area contributed by atoms with Crippen LogP contribution >= 0.6 is 0 Å². The van der Waals surface area contributed by atoms with Crippen molar-refractivity contribution in [2.24, 2.45) is 12.1 Å². The number of aromatic nitrogens is 1. The molecule has 0 unspecified atom stereocenters. The van der Waals surface area contributed by atoms with Crippen molar-refractivity contribution in [1.29, 1.82) is 0 Å². The Hall–Kier alpha value is -2.16. The van der Waals surface area contributed by atoms with Gasteiger partial charge in [0.05, 0.1) is 5.69 Å². The largest absolute Gasteiger partial charge is 0.268 e. The van der Waals surface area contributed by atoms with E-state index in [4.69, 9.17) is 0 Å². The van der Waals surface area contributed by atoms with Crippen molar-refractivity contribution in [3.63, 3.8) is 0 Å². The number of rotatable bonds is 3. The van der Waals surface area contributed by atoms with Crippen LogP contribution in [-0.4, -0.2) is 13.3 Å². The van der Waals surface area contributed by atoms with E-state index in [1.165, 1.54) is 0 Å². The van der Waals surface area contributed by atoms with Crippen LogP contribution < -0.4 is 9.58 Å². The summed E-state index contributed by atoms with van der Waals surface area (Å²) in [6.07, 6.45) is 3.86. The van der Waals surface area contributed by atoms with Crippen molar-refractivity contribution in [3.8, 4) is 0 Å². The van der Waals surface area contributed by atoms with E-state index in [0.29, 0.717) is 0 Å². The molecule has 1 aromatic heterocycles. The summed E-state index contributed by atoms with van der Waals surface area (Å²) < 4.78 is 2.03. The van der Waals surface area contributed by atoms with E-state index in [1.807, 2.05) is 84.6 Å². The molecule has 0 amide bonds. The lowest BCUT2D eigenvalue weighted by Crippen LogP contribution is -2.32. The molecule has 17 heavy (non-hydrogen) atoms. The molecule has 1 aromatic carbocycles. The average Bonchev–Trinajstić information content (AvgIpc) is 2.38. The number of nitrogens with zero attached hydrogens (tertiary/aromatic N) is 3. The molecule has 3 heteroatoms. The molecule has 86 valence electrons. The molecule has 1 heterocycles. The van der Waals surface area contributed by atoms with Crippen molar-refractivity contribution in [1.82, 2.24) is 0 Å². The van der Waals surface area contributed by atoms with Crippen molar-refractivity contribution in [2.75, 3.05) is 12.1 Å². The first-order chi connectivity index (χ1) is 8.27. The number of aryl methyl sites for hydroxylation is 1. The summed E-state index contributed by atoms with van der Waals surface area (Å²) in [5.74, 6) is 0. The maximum absolute atomic E-state index is 4.41. The Morgan fingerprint density at radius 3 is 2.47 bits per heavy atom. The van der Waals surface area contributed by atoms with Gasteiger partial charge in [-0.1, -0.05) is 18.2 Å². The maximum atomic E-state index is 4.41. The van der Waals surface area contributed by atoms with Gasteiger partial charge in [0.25, 0.3) is 0 Å². The predicted molar refractivity (Wildman–Crippen MR) is 70.1 cm³/mol. The third-order valence-electron chi connectivity index (χ3n) is 2.59. The van der Waals surface area contributed by atoms with E-state index >= 15 is 0 Å². The molecule has 2 rings (SSSR count). The minimum atomic E-state index is 1.07. The molecule has 0 saturated heterocycles. The smallest absolute Gasteiger partial charge is 0.225 e. The zero-order valence-electron chi connectivity index (χ0n) is 10.1. The van der Waals surface area contributed by atoms with Gasteiger partial charge in [-0.25, -0.2) is 4.57 Å². The first-order valence-electron chi connectivity index (χ1n) is 5.55. The third-order valence-corrected chi connectivity index (χ3v) is 2.59. The molecule has 3 nitrogen and oxygen atoms in total. The van der Waals surface area contributed by atoms with Crippen molar-refractivity contribution in [3.05, 3.63) is 60.4 Å². The molecule has 0 N–H and O–H groups in total. The van der Waals surface area contributed by atoms with E-state index in [2.05, 4.69) is 5.10 Å². The highest BCUT2D eigenvalue weighted by molar-refractivity contribution is 5.75. The number of para-hydroxylation sites is 1. The third kappa shape index (κ3) is 2.91. The fourth-order valence-electron chi connectivity index (χ4n) is 1.53. The van der Waals surface area contributed by atoms with E-state index in [-0.39, 0.29) is 0 Å². The van der Waals surface area contributed by atoms with Crippen LogP contribution in [0.3, 0.4) is 0 Å². The quantitative estimate of drug-likeness (QED) is 0.445. The first-order valence-corrected chi connectivity index (χ1v) is 5.55. The van der Waals surface area contributed by atoms with Gasteiger partial charge in [-0.2, -0.15) is 5.10 Å². The maximum Gasteiger partial charge on any atom is 0.225 e. The topological polar surface area (TPSA) is 19.5 Å². The molecule has 0 bridgehead atoms. The molecule has 2 aromatic rings. The highest BCUT2D eigenvalue weighted by atomic mass is 15.4. The fourth-order valence-corrected chi connectivity index (χ4v) is 1.53. The molecule has 0 aliphatic heterocycles. The van der Waals surface area contributed by atoms with Gasteiger partial charge in [0.2, 0.25) is 5.69 Å². The second-order valence-corrected chi connectivity index (χ2v) is 3.84. The Bertz CT molecular complexity index is 506. The zero-order chi connectivity index (χ0) is 12.1. The molecule has 0 fully saturated rings. The first kappa shape index (κ1) is 11.3. The highest BCUT2D eigenvalue weighted by Crippen LogP contribution is 2.10. The lowest BCUT2D eigenvalue weighted by Gasteiger charge is -2.11. The molecular formula is C14H16N3+. The molecule has 0 aliphatic rings. The molecule has 0 atom stereocenters.